The molecule has 1 saturated carbocycles. The Hall–Kier alpha value is -2.39. The maximum atomic E-state index is 12.2. The van der Waals surface area contributed by atoms with Gasteiger partial charge in [-0.1, -0.05) is 0 Å². The van der Waals surface area contributed by atoms with E-state index in [1.165, 1.54) is 18.2 Å². The summed E-state index contributed by atoms with van der Waals surface area (Å²) in [5.74, 6) is 1.59. The second-order valence-corrected chi connectivity index (χ2v) is 11.3. The van der Waals surface area contributed by atoms with Crippen molar-refractivity contribution in [1.82, 2.24) is 9.55 Å². The third kappa shape index (κ3) is 3.51. The lowest BCUT2D eigenvalue weighted by atomic mass is 10.2. The number of anilines is 2. The molecule has 2 aromatic carbocycles. The van der Waals surface area contributed by atoms with Gasteiger partial charge >= 0.3 is 0 Å². The van der Waals surface area contributed by atoms with Crippen LogP contribution >= 0.6 is 0 Å². The fourth-order valence-corrected chi connectivity index (χ4v) is 4.88. The van der Waals surface area contributed by atoms with Crippen LogP contribution in [0.5, 0.6) is 0 Å². The van der Waals surface area contributed by atoms with Gasteiger partial charge in [-0.3, -0.25) is 0 Å². The fraction of sp³-hybridized carbons (Fsp3) is 0.316. The molecule has 148 valence electrons. The van der Waals surface area contributed by atoms with E-state index in [0.717, 1.165) is 42.2 Å². The molecule has 0 unspecified atom stereocenters. The van der Waals surface area contributed by atoms with E-state index in [1.807, 2.05) is 25.2 Å². The molecule has 7 nitrogen and oxygen atoms in total. The Bertz CT molecular complexity index is 1300. The highest BCUT2D eigenvalue weighted by Crippen LogP contribution is 2.40. The molecule has 0 bridgehead atoms. The highest BCUT2D eigenvalue weighted by Gasteiger charge is 2.28. The minimum atomic E-state index is -3.63. The molecule has 4 rings (SSSR count). The van der Waals surface area contributed by atoms with Crippen molar-refractivity contribution in [1.29, 1.82) is 0 Å². The molecule has 0 atom stereocenters. The van der Waals surface area contributed by atoms with E-state index in [0.29, 0.717) is 17.3 Å². The third-order valence-corrected chi connectivity index (χ3v) is 7.16. The van der Waals surface area contributed by atoms with Gasteiger partial charge in [-0.15, -0.1) is 0 Å². The Morgan fingerprint density at radius 1 is 1.00 bits per heavy atom. The Balaban J connectivity index is 1.76. The van der Waals surface area contributed by atoms with Gasteiger partial charge in [0, 0.05) is 31.2 Å². The summed E-state index contributed by atoms with van der Waals surface area (Å²) in [6.45, 7) is 0. The topological polar surface area (TPSA) is 98.1 Å². The monoisotopic (exact) mass is 419 g/mol. The molecule has 3 aromatic rings. The van der Waals surface area contributed by atoms with Gasteiger partial charge in [0.2, 0.25) is 0 Å². The predicted octanol–water partition coefficient (Wildman–Crippen LogP) is 3.00. The van der Waals surface area contributed by atoms with Gasteiger partial charge in [-0.25, -0.2) is 21.8 Å². The lowest BCUT2D eigenvalue weighted by Gasteiger charge is -2.12. The quantitative estimate of drug-likeness (QED) is 0.683. The van der Waals surface area contributed by atoms with E-state index in [2.05, 4.69) is 9.88 Å². The van der Waals surface area contributed by atoms with E-state index in [4.69, 9.17) is 4.98 Å². The molecule has 28 heavy (non-hydrogen) atoms. The summed E-state index contributed by atoms with van der Waals surface area (Å²) in [5, 5.41) is 3.10. The SMILES string of the molecule is Cn1c(C2CC2)nc2cc(Nc3ccc(S(C)(=O)=O)cc3S(C)(=O)=O)ccc21. The van der Waals surface area contributed by atoms with Crippen LogP contribution in [0.1, 0.15) is 24.6 Å². The van der Waals surface area contributed by atoms with Gasteiger partial charge in [-0.05, 0) is 49.2 Å². The number of benzene rings is 2. The van der Waals surface area contributed by atoms with Crippen molar-refractivity contribution in [3.05, 3.63) is 42.2 Å². The first kappa shape index (κ1) is 18.9. The van der Waals surface area contributed by atoms with E-state index in [9.17, 15) is 16.8 Å². The molecule has 0 amide bonds. The normalized spacial score (nSPS) is 15.1. The first-order chi connectivity index (χ1) is 13.0. The van der Waals surface area contributed by atoms with Crippen LogP contribution in [0.25, 0.3) is 11.0 Å². The summed E-state index contributed by atoms with van der Waals surface area (Å²) < 4.78 is 50.1. The molecule has 1 heterocycles. The van der Waals surface area contributed by atoms with Crippen molar-refractivity contribution in [3.8, 4) is 0 Å². The van der Waals surface area contributed by atoms with Crippen molar-refractivity contribution in [2.75, 3.05) is 17.8 Å². The molecule has 1 aliphatic carbocycles. The maximum absolute atomic E-state index is 12.2. The van der Waals surface area contributed by atoms with Gasteiger partial charge in [0.05, 0.1) is 26.5 Å². The van der Waals surface area contributed by atoms with Crippen LogP contribution in [-0.4, -0.2) is 38.9 Å². The fourth-order valence-electron chi connectivity index (χ4n) is 3.30. The molecule has 0 saturated heterocycles. The molecule has 1 aliphatic rings. The molecule has 0 spiro atoms. The van der Waals surface area contributed by atoms with Crippen LogP contribution < -0.4 is 5.32 Å². The zero-order valence-electron chi connectivity index (χ0n) is 15.8. The number of fused-ring (bicyclic) bond motifs is 1. The van der Waals surface area contributed by atoms with Crippen LogP contribution in [0.3, 0.4) is 0 Å². The summed E-state index contributed by atoms with van der Waals surface area (Å²) in [6.07, 6.45) is 4.43. The lowest BCUT2D eigenvalue weighted by Crippen LogP contribution is -2.06. The second-order valence-electron chi connectivity index (χ2n) is 7.33. The van der Waals surface area contributed by atoms with E-state index in [1.54, 1.807) is 0 Å². The maximum Gasteiger partial charge on any atom is 0.177 e. The van der Waals surface area contributed by atoms with Crippen LogP contribution in [0.15, 0.2) is 46.2 Å². The minimum absolute atomic E-state index is 0.0345. The van der Waals surface area contributed by atoms with E-state index in [-0.39, 0.29) is 9.79 Å². The number of hydrogen-bond acceptors (Lipinski definition) is 6. The molecular weight excluding hydrogens is 398 g/mol. The number of aromatic nitrogens is 2. The Morgan fingerprint density at radius 3 is 2.32 bits per heavy atom. The number of imidazole rings is 1. The number of nitrogens with one attached hydrogen (secondary N) is 1. The third-order valence-electron chi connectivity index (χ3n) is 4.92. The Labute approximate surface area is 164 Å². The largest absolute Gasteiger partial charge is 0.354 e. The van der Waals surface area contributed by atoms with E-state index >= 15 is 0 Å². The standard InChI is InChI=1S/C19H21N3O4S2/c1-22-17-9-6-13(10-16(17)21-19(22)12-4-5-12)20-15-8-7-14(27(2,23)24)11-18(15)28(3,25)26/h6-12,20H,4-5H2,1-3H3. The molecule has 1 fully saturated rings. The summed E-state index contributed by atoms with van der Waals surface area (Å²) in [5.41, 5.74) is 2.86. The summed E-state index contributed by atoms with van der Waals surface area (Å²) >= 11 is 0. The molecule has 9 heteroatoms. The van der Waals surface area contributed by atoms with Crippen molar-refractivity contribution in [3.63, 3.8) is 0 Å². The zero-order chi connectivity index (χ0) is 20.3. The summed E-state index contributed by atoms with van der Waals surface area (Å²) in [6, 6.07) is 9.75. The number of rotatable bonds is 5. The van der Waals surface area contributed by atoms with Crippen LogP contribution in [0, 0.1) is 0 Å². The van der Waals surface area contributed by atoms with E-state index < -0.39 is 19.7 Å². The molecule has 0 radical (unpaired) electrons. The van der Waals surface area contributed by atoms with Gasteiger partial charge in [0.25, 0.3) is 0 Å². The van der Waals surface area contributed by atoms with Crippen molar-refractivity contribution < 1.29 is 16.8 Å². The zero-order valence-corrected chi connectivity index (χ0v) is 17.4. The first-order valence-corrected chi connectivity index (χ1v) is 12.6. The van der Waals surface area contributed by atoms with Gasteiger partial charge in [-0.2, -0.15) is 0 Å². The van der Waals surface area contributed by atoms with Crippen LogP contribution in [0.2, 0.25) is 0 Å². The molecule has 1 N–H and O–H groups in total. The smallest absolute Gasteiger partial charge is 0.177 e. The number of aryl methyl sites for hydroxylation is 1. The predicted molar refractivity (Wildman–Crippen MR) is 109 cm³/mol. The van der Waals surface area contributed by atoms with Gasteiger partial charge in [0.15, 0.2) is 19.7 Å². The van der Waals surface area contributed by atoms with Crippen molar-refractivity contribution in [2.45, 2.75) is 28.6 Å². The Kier molecular flexibility index (Phi) is 4.27. The average Bonchev–Trinajstić information content (AvgIpc) is 3.38. The van der Waals surface area contributed by atoms with Crippen molar-refractivity contribution >= 4 is 42.1 Å². The minimum Gasteiger partial charge on any atom is -0.354 e. The average molecular weight is 420 g/mol. The van der Waals surface area contributed by atoms with Crippen LogP contribution in [0.4, 0.5) is 11.4 Å². The lowest BCUT2D eigenvalue weighted by molar-refractivity contribution is 0.600. The van der Waals surface area contributed by atoms with Gasteiger partial charge < -0.3 is 9.88 Å². The summed E-state index contributed by atoms with van der Waals surface area (Å²) in [7, 11) is -5.14. The van der Waals surface area contributed by atoms with Crippen molar-refractivity contribution in [2.24, 2.45) is 7.05 Å². The second kappa shape index (κ2) is 6.31. The molecule has 1 aromatic heterocycles. The highest BCUT2D eigenvalue weighted by molar-refractivity contribution is 7.91. The number of hydrogen-bond donors (Lipinski definition) is 1. The number of sulfone groups is 2. The molecular formula is C19H21N3O4S2. The summed E-state index contributed by atoms with van der Waals surface area (Å²) in [4.78, 5) is 4.63. The highest BCUT2D eigenvalue weighted by atomic mass is 32.2. The Morgan fingerprint density at radius 2 is 1.71 bits per heavy atom. The first-order valence-electron chi connectivity index (χ1n) is 8.81. The van der Waals surface area contributed by atoms with Gasteiger partial charge in [0.1, 0.15) is 5.82 Å². The van der Waals surface area contributed by atoms with Crippen LogP contribution in [-0.2, 0) is 26.7 Å². The number of nitrogens with zero attached hydrogens (tertiary/aromatic N) is 2. The molecule has 0 aliphatic heterocycles.